The first-order valence-corrected chi connectivity index (χ1v) is 6.79. The highest BCUT2D eigenvalue weighted by molar-refractivity contribution is 5.95. The van der Waals surface area contributed by atoms with Crippen LogP contribution in [-0.4, -0.2) is 34.5 Å². The predicted molar refractivity (Wildman–Crippen MR) is 67.1 cm³/mol. The topological polar surface area (TPSA) is 70.7 Å². The number of carbonyl (C=O) groups excluding carboxylic acids is 1. The number of hydrogen-bond acceptors (Lipinski definition) is 3. The maximum atomic E-state index is 12.4. The lowest BCUT2D eigenvalue weighted by atomic mass is 9.92. The van der Waals surface area contributed by atoms with Crippen LogP contribution in [0.1, 0.15) is 53.0 Å². The van der Waals surface area contributed by atoms with E-state index in [0.717, 1.165) is 25.6 Å². The number of hydrogen-bond donors (Lipinski definition) is 1. The molecule has 0 spiro atoms. The van der Waals surface area contributed by atoms with E-state index in [1.54, 1.807) is 0 Å². The Morgan fingerprint density at radius 2 is 2.05 bits per heavy atom. The Balaban J connectivity index is 1.80. The minimum atomic E-state index is -1.07. The van der Waals surface area contributed by atoms with E-state index in [4.69, 9.17) is 9.52 Å². The molecule has 1 aromatic rings. The number of furan rings is 1. The summed E-state index contributed by atoms with van der Waals surface area (Å²) in [5, 5.41) is 8.86. The third-order valence-electron chi connectivity index (χ3n) is 4.31. The average Bonchev–Trinajstić information content (AvgIpc) is 3.06. The predicted octanol–water partition coefficient (Wildman–Crippen LogP) is 2.38. The van der Waals surface area contributed by atoms with Crippen LogP contribution >= 0.6 is 0 Å². The van der Waals surface area contributed by atoms with Crippen LogP contribution in [0.4, 0.5) is 0 Å². The van der Waals surface area contributed by atoms with Crippen LogP contribution in [0.2, 0.25) is 0 Å². The summed E-state index contributed by atoms with van der Waals surface area (Å²) in [7, 11) is 0. The SMILES string of the molecule is O=C(O)c1coc(C(=O)N2CCCC3CCCC32)c1. The minimum absolute atomic E-state index is 0.0309. The molecular formula is C14H17NO4. The first-order chi connectivity index (χ1) is 9.16. The number of piperidine rings is 1. The second-order valence-electron chi connectivity index (χ2n) is 5.40. The molecule has 2 fully saturated rings. The summed E-state index contributed by atoms with van der Waals surface area (Å²) in [4.78, 5) is 25.1. The molecule has 1 saturated carbocycles. The van der Waals surface area contributed by atoms with Crippen LogP contribution in [0.3, 0.4) is 0 Å². The summed E-state index contributed by atoms with van der Waals surface area (Å²) >= 11 is 0. The van der Waals surface area contributed by atoms with Gasteiger partial charge in [-0.05, 0) is 31.6 Å². The quantitative estimate of drug-likeness (QED) is 0.889. The molecule has 2 unspecified atom stereocenters. The van der Waals surface area contributed by atoms with E-state index < -0.39 is 5.97 Å². The summed E-state index contributed by atoms with van der Waals surface area (Å²) in [6.07, 6.45) is 6.80. The van der Waals surface area contributed by atoms with E-state index in [1.165, 1.54) is 25.3 Å². The molecule has 1 saturated heterocycles. The number of nitrogens with zero attached hydrogens (tertiary/aromatic N) is 1. The summed E-state index contributed by atoms with van der Waals surface area (Å²) in [5.74, 6) is -0.471. The molecule has 0 bridgehead atoms. The highest BCUT2D eigenvalue weighted by Gasteiger charge is 2.38. The van der Waals surface area contributed by atoms with Gasteiger partial charge in [-0.3, -0.25) is 4.79 Å². The Morgan fingerprint density at radius 1 is 1.26 bits per heavy atom. The fraction of sp³-hybridized carbons (Fsp3) is 0.571. The summed E-state index contributed by atoms with van der Waals surface area (Å²) in [5.41, 5.74) is 0.0309. The average molecular weight is 263 g/mol. The van der Waals surface area contributed by atoms with Crippen LogP contribution in [0.5, 0.6) is 0 Å². The number of carboxylic acid groups (broad SMARTS) is 1. The van der Waals surface area contributed by atoms with Crippen LogP contribution in [-0.2, 0) is 0 Å². The summed E-state index contributed by atoms with van der Waals surface area (Å²) in [6.45, 7) is 0.753. The highest BCUT2D eigenvalue weighted by Crippen LogP contribution is 2.37. The van der Waals surface area contributed by atoms with E-state index in [9.17, 15) is 9.59 Å². The van der Waals surface area contributed by atoms with Crippen molar-refractivity contribution in [1.82, 2.24) is 4.90 Å². The molecule has 1 amide bonds. The maximum absolute atomic E-state index is 12.4. The van der Waals surface area contributed by atoms with Gasteiger partial charge in [0.05, 0.1) is 5.56 Å². The molecule has 2 atom stereocenters. The Hall–Kier alpha value is -1.78. The van der Waals surface area contributed by atoms with Crippen LogP contribution < -0.4 is 0 Å². The van der Waals surface area contributed by atoms with Crippen molar-refractivity contribution in [3.05, 3.63) is 23.7 Å². The third-order valence-corrected chi connectivity index (χ3v) is 4.31. The Kier molecular flexibility index (Phi) is 3.05. The Labute approximate surface area is 111 Å². The van der Waals surface area contributed by atoms with Gasteiger partial charge < -0.3 is 14.4 Å². The number of rotatable bonds is 2. The molecule has 0 aromatic carbocycles. The number of aromatic carboxylic acids is 1. The van der Waals surface area contributed by atoms with Crippen molar-refractivity contribution in [1.29, 1.82) is 0 Å². The summed E-state index contributed by atoms with van der Waals surface area (Å²) < 4.78 is 5.12. The molecule has 1 aliphatic carbocycles. The van der Waals surface area contributed by atoms with E-state index >= 15 is 0 Å². The number of fused-ring (bicyclic) bond motifs is 1. The van der Waals surface area contributed by atoms with Gasteiger partial charge in [0, 0.05) is 18.7 Å². The first-order valence-electron chi connectivity index (χ1n) is 6.79. The zero-order chi connectivity index (χ0) is 13.4. The van der Waals surface area contributed by atoms with Crippen molar-refractivity contribution in [2.45, 2.75) is 38.1 Å². The fourth-order valence-electron chi connectivity index (χ4n) is 3.41. The molecule has 3 rings (SSSR count). The number of likely N-dealkylation sites (tertiary alicyclic amines) is 1. The molecule has 5 heteroatoms. The standard InChI is InChI=1S/C14H17NO4/c16-13(12-7-10(8-19-12)14(17)18)15-6-2-4-9-3-1-5-11(9)15/h7-9,11H,1-6H2,(H,17,18). The molecule has 1 aliphatic heterocycles. The van der Waals surface area contributed by atoms with Crippen LogP contribution in [0, 0.1) is 5.92 Å². The van der Waals surface area contributed by atoms with Crippen molar-refractivity contribution in [3.63, 3.8) is 0 Å². The van der Waals surface area contributed by atoms with Gasteiger partial charge in [0.2, 0.25) is 0 Å². The monoisotopic (exact) mass is 263 g/mol. The van der Waals surface area contributed by atoms with Crippen LogP contribution in [0.25, 0.3) is 0 Å². The molecule has 5 nitrogen and oxygen atoms in total. The van der Waals surface area contributed by atoms with Crippen molar-refractivity contribution >= 4 is 11.9 Å². The zero-order valence-electron chi connectivity index (χ0n) is 10.7. The summed E-state index contributed by atoms with van der Waals surface area (Å²) in [6, 6.07) is 1.64. The van der Waals surface area contributed by atoms with Crippen molar-refractivity contribution < 1.29 is 19.1 Å². The molecule has 102 valence electrons. The van der Waals surface area contributed by atoms with E-state index in [-0.39, 0.29) is 17.2 Å². The van der Waals surface area contributed by atoms with Crippen LogP contribution in [0.15, 0.2) is 16.7 Å². The molecule has 19 heavy (non-hydrogen) atoms. The molecule has 1 N–H and O–H groups in total. The van der Waals surface area contributed by atoms with Gasteiger partial charge in [-0.2, -0.15) is 0 Å². The van der Waals surface area contributed by atoms with E-state index in [1.807, 2.05) is 4.90 Å². The number of amides is 1. The van der Waals surface area contributed by atoms with Crippen molar-refractivity contribution in [2.75, 3.05) is 6.54 Å². The van der Waals surface area contributed by atoms with Gasteiger partial charge in [0.1, 0.15) is 6.26 Å². The van der Waals surface area contributed by atoms with Gasteiger partial charge in [-0.25, -0.2) is 4.79 Å². The smallest absolute Gasteiger partial charge is 0.338 e. The Bertz CT molecular complexity index is 507. The minimum Gasteiger partial charge on any atom is -0.478 e. The second-order valence-corrected chi connectivity index (χ2v) is 5.40. The Morgan fingerprint density at radius 3 is 2.79 bits per heavy atom. The lowest BCUT2D eigenvalue weighted by molar-refractivity contribution is 0.0516. The van der Waals surface area contributed by atoms with Crippen molar-refractivity contribution in [2.24, 2.45) is 5.92 Å². The molecule has 2 aliphatic rings. The second kappa shape index (κ2) is 4.72. The van der Waals surface area contributed by atoms with Gasteiger partial charge >= 0.3 is 5.97 Å². The lowest BCUT2D eigenvalue weighted by Crippen LogP contribution is -2.46. The van der Waals surface area contributed by atoms with Gasteiger partial charge in [-0.1, -0.05) is 6.42 Å². The van der Waals surface area contributed by atoms with Gasteiger partial charge in [0.25, 0.3) is 5.91 Å². The van der Waals surface area contributed by atoms with Gasteiger partial charge in [-0.15, -0.1) is 0 Å². The molecule has 1 aromatic heterocycles. The maximum Gasteiger partial charge on any atom is 0.338 e. The van der Waals surface area contributed by atoms with Crippen molar-refractivity contribution in [3.8, 4) is 0 Å². The van der Waals surface area contributed by atoms with E-state index in [0.29, 0.717) is 12.0 Å². The molecular weight excluding hydrogens is 246 g/mol. The van der Waals surface area contributed by atoms with Gasteiger partial charge in [0.15, 0.2) is 5.76 Å². The lowest BCUT2D eigenvalue weighted by Gasteiger charge is -2.37. The zero-order valence-corrected chi connectivity index (χ0v) is 10.7. The number of carboxylic acids is 1. The fourth-order valence-corrected chi connectivity index (χ4v) is 3.41. The third kappa shape index (κ3) is 2.13. The number of carbonyl (C=O) groups is 2. The first kappa shape index (κ1) is 12.3. The molecule has 2 heterocycles. The molecule has 0 radical (unpaired) electrons. The van der Waals surface area contributed by atoms with E-state index in [2.05, 4.69) is 0 Å². The largest absolute Gasteiger partial charge is 0.478 e. The normalized spacial score (nSPS) is 26.2. The highest BCUT2D eigenvalue weighted by atomic mass is 16.4.